The molecule has 4 nitrogen and oxygen atoms in total. The summed E-state index contributed by atoms with van der Waals surface area (Å²) in [5.74, 6) is 1.30. The van der Waals surface area contributed by atoms with Crippen molar-refractivity contribution in [1.29, 1.82) is 0 Å². The van der Waals surface area contributed by atoms with E-state index in [1.165, 1.54) is 5.56 Å². The van der Waals surface area contributed by atoms with Crippen molar-refractivity contribution in [1.82, 2.24) is 10.2 Å². The van der Waals surface area contributed by atoms with Gasteiger partial charge >= 0.3 is 0 Å². The molecule has 0 unspecified atom stereocenters. The fraction of sp³-hybridized carbons (Fsp3) is 0.632. The van der Waals surface area contributed by atoms with Crippen molar-refractivity contribution in [3.8, 4) is 5.75 Å². The molecule has 4 heteroatoms. The minimum Gasteiger partial charge on any atom is -0.491 e. The zero-order valence-electron chi connectivity index (χ0n) is 14.7. The number of carbonyl (C=O) groups is 1. The van der Waals surface area contributed by atoms with E-state index in [1.54, 1.807) is 0 Å². The Kier molecular flexibility index (Phi) is 6.90. The van der Waals surface area contributed by atoms with Crippen LogP contribution in [0.25, 0.3) is 0 Å². The van der Waals surface area contributed by atoms with E-state index in [4.69, 9.17) is 4.74 Å². The Hall–Kier alpha value is -1.55. The molecule has 23 heavy (non-hydrogen) atoms. The lowest BCUT2D eigenvalue weighted by Gasteiger charge is -2.28. The maximum Gasteiger partial charge on any atom is 0.224 e. The van der Waals surface area contributed by atoms with Crippen LogP contribution in [0.15, 0.2) is 24.3 Å². The predicted molar refractivity (Wildman–Crippen MR) is 93.8 cm³/mol. The van der Waals surface area contributed by atoms with Gasteiger partial charge in [0.1, 0.15) is 5.75 Å². The van der Waals surface area contributed by atoms with E-state index >= 15 is 0 Å². The molecule has 0 aromatic heterocycles. The number of benzene rings is 1. The fourth-order valence-electron chi connectivity index (χ4n) is 3.08. The van der Waals surface area contributed by atoms with Crippen LogP contribution in [0.2, 0.25) is 0 Å². The van der Waals surface area contributed by atoms with Crippen LogP contribution in [-0.4, -0.2) is 43.6 Å². The molecule has 1 fully saturated rings. The summed E-state index contributed by atoms with van der Waals surface area (Å²) in [5.41, 5.74) is 1.26. The van der Waals surface area contributed by atoms with Crippen LogP contribution >= 0.6 is 0 Å². The first kappa shape index (κ1) is 17.8. The van der Waals surface area contributed by atoms with Crippen molar-refractivity contribution in [2.24, 2.45) is 5.92 Å². The Labute approximate surface area is 140 Å². The third-order valence-corrected chi connectivity index (χ3v) is 4.21. The van der Waals surface area contributed by atoms with E-state index in [0.29, 0.717) is 0 Å². The summed E-state index contributed by atoms with van der Waals surface area (Å²) in [6, 6.07) is 8.23. The molecule has 1 aromatic carbocycles. The van der Waals surface area contributed by atoms with Gasteiger partial charge in [0.15, 0.2) is 0 Å². The van der Waals surface area contributed by atoms with Crippen LogP contribution in [0.3, 0.4) is 0 Å². The minimum atomic E-state index is 0.163. The lowest BCUT2D eigenvalue weighted by molar-refractivity contribution is -0.126. The maximum absolute atomic E-state index is 12.2. The van der Waals surface area contributed by atoms with E-state index in [0.717, 1.165) is 51.1 Å². The Morgan fingerprint density at radius 3 is 3.00 bits per heavy atom. The predicted octanol–water partition coefficient (Wildman–Crippen LogP) is 2.86. The molecule has 1 N–H and O–H groups in total. The monoisotopic (exact) mass is 318 g/mol. The summed E-state index contributed by atoms with van der Waals surface area (Å²) >= 11 is 0. The number of piperidine rings is 1. The summed E-state index contributed by atoms with van der Waals surface area (Å²) in [5, 5.41) is 3.09. The standard InChI is InChI=1S/C19H30N2O2/c1-15(2)23-18-10-4-7-16(13-18)8-5-11-20-19(22)17-9-6-12-21(3)14-17/h4,7,10,13,15,17H,5-6,8-9,11-12,14H2,1-3H3,(H,20,22)/t17-/m1/s1. The molecular formula is C19H30N2O2. The number of rotatable bonds is 7. The summed E-state index contributed by atoms with van der Waals surface area (Å²) in [6.45, 7) is 6.81. The smallest absolute Gasteiger partial charge is 0.224 e. The van der Waals surface area contributed by atoms with Gasteiger partial charge in [0.25, 0.3) is 0 Å². The highest BCUT2D eigenvalue weighted by molar-refractivity contribution is 5.78. The van der Waals surface area contributed by atoms with E-state index in [9.17, 15) is 4.79 Å². The number of likely N-dealkylation sites (tertiary alicyclic amines) is 1. The van der Waals surface area contributed by atoms with Crippen LogP contribution < -0.4 is 10.1 Å². The number of nitrogens with zero attached hydrogens (tertiary/aromatic N) is 1. The van der Waals surface area contributed by atoms with Gasteiger partial charge < -0.3 is 15.0 Å². The van der Waals surface area contributed by atoms with Gasteiger partial charge in [-0.05, 0) is 70.8 Å². The SMILES string of the molecule is CC(C)Oc1cccc(CCCNC(=O)[C@@H]2CCCN(C)C2)c1. The largest absolute Gasteiger partial charge is 0.491 e. The van der Waals surface area contributed by atoms with Gasteiger partial charge in [0.2, 0.25) is 5.91 Å². The lowest BCUT2D eigenvalue weighted by Crippen LogP contribution is -2.41. The third-order valence-electron chi connectivity index (χ3n) is 4.21. The molecule has 0 aliphatic carbocycles. The topological polar surface area (TPSA) is 41.6 Å². The van der Waals surface area contributed by atoms with Gasteiger partial charge in [-0.3, -0.25) is 4.79 Å². The van der Waals surface area contributed by atoms with Crippen LogP contribution in [0, 0.1) is 5.92 Å². The highest BCUT2D eigenvalue weighted by Crippen LogP contribution is 2.17. The second-order valence-corrected chi connectivity index (χ2v) is 6.81. The summed E-state index contributed by atoms with van der Waals surface area (Å²) in [6.07, 6.45) is 4.25. The summed E-state index contributed by atoms with van der Waals surface area (Å²) < 4.78 is 5.71. The number of ether oxygens (including phenoxy) is 1. The van der Waals surface area contributed by atoms with Crippen molar-refractivity contribution in [3.63, 3.8) is 0 Å². The Balaban J connectivity index is 1.69. The molecular weight excluding hydrogens is 288 g/mol. The van der Waals surface area contributed by atoms with Crippen molar-refractivity contribution < 1.29 is 9.53 Å². The van der Waals surface area contributed by atoms with Gasteiger partial charge in [-0.2, -0.15) is 0 Å². The molecule has 128 valence electrons. The molecule has 0 radical (unpaired) electrons. The van der Waals surface area contributed by atoms with Crippen LogP contribution in [-0.2, 0) is 11.2 Å². The van der Waals surface area contributed by atoms with Crippen molar-refractivity contribution in [3.05, 3.63) is 29.8 Å². The van der Waals surface area contributed by atoms with Gasteiger partial charge in [-0.25, -0.2) is 0 Å². The molecule has 0 bridgehead atoms. The fourth-order valence-corrected chi connectivity index (χ4v) is 3.08. The van der Waals surface area contributed by atoms with Crippen molar-refractivity contribution in [2.75, 3.05) is 26.7 Å². The quantitative estimate of drug-likeness (QED) is 0.786. The second-order valence-electron chi connectivity index (χ2n) is 6.81. The highest BCUT2D eigenvalue weighted by atomic mass is 16.5. The molecule has 0 saturated carbocycles. The summed E-state index contributed by atoms with van der Waals surface area (Å²) in [4.78, 5) is 14.4. The number of carbonyl (C=O) groups excluding carboxylic acids is 1. The number of hydrogen-bond donors (Lipinski definition) is 1. The first-order valence-electron chi connectivity index (χ1n) is 8.76. The van der Waals surface area contributed by atoms with Gasteiger partial charge in [0, 0.05) is 13.1 Å². The first-order chi connectivity index (χ1) is 11.0. The van der Waals surface area contributed by atoms with Gasteiger partial charge in [0.05, 0.1) is 12.0 Å². The van der Waals surface area contributed by atoms with Crippen molar-refractivity contribution in [2.45, 2.75) is 45.6 Å². The van der Waals surface area contributed by atoms with Gasteiger partial charge in [-0.1, -0.05) is 12.1 Å². The first-order valence-corrected chi connectivity index (χ1v) is 8.76. The van der Waals surface area contributed by atoms with Crippen LogP contribution in [0.1, 0.15) is 38.7 Å². The second kappa shape index (κ2) is 8.92. The van der Waals surface area contributed by atoms with E-state index in [1.807, 2.05) is 26.0 Å². The maximum atomic E-state index is 12.2. The van der Waals surface area contributed by atoms with E-state index < -0.39 is 0 Å². The highest BCUT2D eigenvalue weighted by Gasteiger charge is 2.23. The molecule has 1 atom stereocenters. The number of hydrogen-bond acceptors (Lipinski definition) is 3. The zero-order valence-corrected chi connectivity index (χ0v) is 14.7. The van der Waals surface area contributed by atoms with Crippen LogP contribution in [0.4, 0.5) is 0 Å². The average Bonchev–Trinajstić information content (AvgIpc) is 2.51. The molecule has 1 aromatic rings. The molecule has 2 rings (SSSR count). The number of amides is 1. The van der Waals surface area contributed by atoms with E-state index in [-0.39, 0.29) is 17.9 Å². The molecule has 1 heterocycles. The Morgan fingerprint density at radius 2 is 2.26 bits per heavy atom. The normalized spacial score (nSPS) is 18.9. The van der Waals surface area contributed by atoms with Gasteiger partial charge in [-0.15, -0.1) is 0 Å². The molecule has 0 spiro atoms. The molecule has 1 saturated heterocycles. The average molecular weight is 318 g/mol. The third kappa shape index (κ3) is 6.22. The molecule has 1 aliphatic rings. The summed E-state index contributed by atoms with van der Waals surface area (Å²) in [7, 11) is 2.09. The lowest BCUT2D eigenvalue weighted by atomic mass is 9.97. The Morgan fingerprint density at radius 1 is 1.43 bits per heavy atom. The number of nitrogens with one attached hydrogen (secondary N) is 1. The molecule has 1 amide bonds. The Bertz CT molecular complexity index is 502. The zero-order chi connectivity index (χ0) is 16.7. The van der Waals surface area contributed by atoms with Crippen LogP contribution in [0.5, 0.6) is 5.75 Å². The number of aryl methyl sites for hydroxylation is 1. The van der Waals surface area contributed by atoms with E-state index in [2.05, 4.69) is 29.4 Å². The minimum absolute atomic E-state index is 0.163. The molecule has 1 aliphatic heterocycles. The van der Waals surface area contributed by atoms with Crippen molar-refractivity contribution >= 4 is 5.91 Å².